The normalized spacial score (nSPS) is 13.5. The minimum atomic E-state index is -0.373. The molecular weight excluding hydrogens is 442 g/mol. The molecule has 9 heteroatoms. The third-order valence-electron chi connectivity index (χ3n) is 5.58. The smallest absolute Gasteiger partial charge is 0.274 e. The number of carbonyl (C=O) groups is 1. The fraction of sp³-hybridized carbons (Fsp3) is 0.167. The standard InChI is InChI=1S/C24H20ClN5O3/c1-2-10-29-19-9-8-17(13-18(19)23(31)30(29)14-16-6-4-3-5-7-16)28-11-12-33-22-20(24(28)32)21(25)26-15-27-22/h2-9,13,15H,1,10-12,14H2. The topological polar surface area (TPSA) is 82.2 Å². The number of benzene rings is 2. The lowest BCUT2D eigenvalue weighted by Crippen LogP contribution is -2.32. The molecule has 0 radical (unpaired) electrons. The Kier molecular flexibility index (Phi) is 5.43. The van der Waals surface area contributed by atoms with Gasteiger partial charge in [-0.1, -0.05) is 48.0 Å². The summed E-state index contributed by atoms with van der Waals surface area (Å²) in [6, 6.07) is 15.2. The van der Waals surface area contributed by atoms with Crippen molar-refractivity contribution in [3.63, 3.8) is 0 Å². The molecular formula is C24H20ClN5O3. The molecule has 5 rings (SSSR count). The van der Waals surface area contributed by atoms with E-state index in [-0.39, 0.29) is 41.2 Å². The van der Waals surface area contributed by atoms with Crippen LogP contribution in [0.25, 0.3) is 10.9 Å². The van der Waals surface area contributed by atoms with Gasteiger partial charge in [-0.2, -0.15) is 0 Å². The molecule has 0 aliphatic carbocycles. The predicted octanol–water partition coefficient (Wildman–Crippen LogP) is 3.52. The van der Waals surface area contributed by atoms with Crippen LogP contribution in [0.15, 0.2) is 72.3 Å². The Morgan fingerprint density at radius 2 is 1.91 bits per heavy atom. The van der Waals surface area contributed by atoms with Gasteiger partial charge in [0.25, 0.3) is 11.5 Å². The van der Waals surface area contributed by atoms with Crippen LogP contribution in [0.3, 0.4) is 0 Å². The highest BCUT2D eigenvalue weighted by atomic mass is 35.5. The Balaban J connectivity index is 1.61. The summed E-state index contributed by atoms with van der Waals surface area (Å²) in [7, 11) is 0. The summed E-state index contributed by atoms with van der Waals surface area (Å²) in [5.74, 6) is -0.214. The lowest BCUT2D eigenvalue weighted by molar-refractivity contribution is 0.0989. The van der Waals surface area contributed by atoms with Gasteiger partial charge in [0.15, 0.2) is 0 Å². The van der Waals surface area contributed by atoms with Crippen LogP contribution in [0.5, 0.6) is 5.88 Å². The van der Waals surface area contributed by atoms with Crippen molar-refractivity contribution in [3.8, 4) is 5.88 Å². The maximum Gasteiger partial charge on any atom is 0.274 e. The molecule has 0 spiro atoms. The highest BCUT2D eigenvalue weighted by Gasteiger charge is 2.29. The number of aromatic nitrogens is 4. The van der Waals surface area contributed by atoms with Crippen molar-refractivity contribution >= 4 is 34.1 Å². The maximum absolute atomic E-state index is 13.4. The number of hydrogen-bond donors (Lipinski definition) is 0. The van der Waals surface area contributed by atoms with E-state index in [4.69, 9.17) is 16.3 Å². The van der Waals surface area contributed by atoms with Gasteiger partial charge in [0.05, 0.1) is 30.5 Å². The van der Waals surface area contributed by atoms with E-state index >= 15 is 0 Å². The van der Waals surface area contributed by atoms with Crippen molar-refractivity contribution in [2.24, 2.45) is 0 Å². The zero-order valence-corrected chi connectivity index (χ0v) is 18.4. The van der Waals surface area contributed by atoms with Crippen LogP contribution in [0.2, 0.25) is 5.15 Å². The lowest BCUT2D eigenvalue weighted by Gasteiger charge is -2.20. The average molecular weight is 462 g/mol. The Bertz CT molecular complexity index is 1430. The Morgan fingerprint density at radius 3 is 2.70 bits per heavy atom. The van der Waals surface area contributed by atoms with Gasteiger partial charge in [0.2, 0.25) is 5.88 Å². The van der Waals surface area contributed by atoms with Gasteiger partial charge in [-0.3, -0.25) is 14.3 Å². The van der Waals surface area contributed by atoms with Gasteiger partial charge in [-0.25, -0.2) is 14.6 Å². The SMILES string of the molecule is C=CCn1c2ccc(N3CCOc4ncnc(Cl)c4C3=O)cc2c(=O)n1Cc1ccccc1. The summed E-state index contributed by atoms with van der Waals surface area (Å²) in [6.07, 6.45) is 3.01. The van der Waals surface area contributed by atoms with Crippen molar-refractivity contribution < 1.29 is 9.53 Å². The minimum absolute atomic E-state index is 0.0281. The van der Waals surface area contributed by atoms with Gasteiger partial charge >= 0.3 is 0 Å². The minimum Gasteiger partial charge on any atom is -0.475 e. The summed E-state index contributed by atoms with van der Waals surface area (Å²) in [5, 5.41) is 0.541. The third-order valence-corrected chi connectivity index (χ3v) is 5.87. The Hall–Kier alpha value is -3.91. The summed E-state index contributed by atoms with van der Waals surface area (Å²) in [6.45, 7) is 5.25. The van der Waals surface area contributed by atoms with Crippen LogP contribution in [0.1, 0.15) is 15.9 Å². The van der Waals surface area contributed by atoms with Crippen LogP contribution >= 0.6 is 11.6 Å². The number of allylic oxidation sites excluding steroid dienone is 1. The first-order chi connectivity index (χ1) is 16.1. The van der Waals surface area contributed by atoms with Crippen LogP contribution in [0.4, 0.5) is 5.69 Å². The summed E-state index contributed by atoms with van der Waals surface area (Å²) < 4.78 is 9.20. The van der Waals surface area contributed by atoms with E-state index in [1.165, 1.54) is 11.2 Å². The molecule has 0 saturated heterocycles. The molecule has 33 heavy (non-hydrogen) atoms. The molecule has 0 N–H and O–H groups in total. The van der Waals surface area contributed by atoms with Crippen LogP contribution in [-0.2, 0) is 13.1 Å². The fourth-order valence-electron chi connectivity index (χ4n) is 4.05. The maximum atomic E-state index is 13.4. The molecule has 1 aliphatic heterocycles. The van der Waals surface area contributed by atoms with Crippen molar-refractivity contribution in [3.05, 3.63) is 94.1 Å². The van der Waals surface area contributed by atoms with Crippen molar-refractivity contribution in [1.82, 2.24) is 19.3 Å². The van der Waals surface area contributed by atoms with E-state index in [0.717, 1.165) is 11.1 Å². The number of ether oxygens (including phenoxy) is 1. The second kappa shape index (κ2) is 8.55. The number of rotatable bonds is 5. The number of fused-ring (bicyclic) bond motifs is 2. The first kappa shape index (κ1) is 21.0. The Labute approximate surface area is 194 Å². The van der Waals surface area contributed by atoms with E-state index in [0.29, 0.717) is 24.2 Å². The van der Waals surface area contributed by atoms with Gasteiger partial charge in [0, 0.05) is 5.69 Å². The Morgan fingerprint density at radius 1 is 1.09 bits per heavy atom. The summed E-state index contributed by atoms with van der Waals surface area (Å²) in [4.78, 5) is 36.2. The average Bonchev–Trinajstić information content (AvgIpc) is 2.96. The molecule has 2 aromatic heterocycles. The zero-order chi connectivity index (χ0) is 22.9. The molecule has 2 aromatic carbocycles. The van der Waals surface area contributed by atoms with E-state index in [9.17, 15) is 9.59 Å². The quantitative estimate of drug-likeness (QED) is 0.335. The number of hydrogen-bond acceptors (Lipinski definition) is 5. The third kappa shape index (κ3) is 3.68. The molecule has 0 fully saturated rings. The highest BCUT2D eigenvalue weighted by molar-refractivity contribution is 6.33. The van der Waals surface area contributed by atoms with Crippen molar-refractivity contribution in [1.29, 1.82) is 0 Å². The summed E-state index contributed by atoms with van der Waals surface area (Å²) >= 11 is 6.17. The molecule has 1 aliphatic rings. The molecule has 8 nitrogen and oxygen atoms in total. The first-order valence-corrected chi connectivity index (χ1v) is 10.8. The van der Waals surface area contributed by atoms with E-state index in [1.807, 2.05) is 47.1 Å². The monoisotopic (exact) mass is 461 g/mol. The van der Waals surface area contributed by atoms with Crippen LogP contribution < -0.4 is 15.2 Å². The number of halogens is 1. The number of nitrogens with zero attached hydrogens (tertiary/aromatic N) is 5. The molecule has 4 aromatic rings. The van der Waals surface area contributed by atoms with E-state index in [1.54, 1.807) is 16.8 Å². The summed E-state index contributed by atoms with van der Waals surface area (Å²) in [5.41, 5.74) is 2.32. The van der Waals surface area contributed by atoms with Crippen molar-refractivity contribution in [2.45, 2.75) is 13.1 Å². The molecule has 0 unspecified atom stereocenters. The first-order valence-electron chi connectivity index (χ1n) is 10.4. The number of anilines is 1. The van der Waals surface area contributed by atoms with Crippen molar-refractivity contribution in [2.75, 3.05) is 18.1 Å². The number of carbonyl (C=O) groups excluding carboxylic acids is 1. The van der Waals surface area contributed by atoms with Gasteiger partial charge in [0.1, 0.15) is 23.7 Å². The molecule has 0 bridgehead atoms. The van der Waals surface area contributed by atoms with Gasteiger partial charge in [-0.05, 0) is 23.8 Å². The fourth-order valence-corrected chi connectivity index (χ4v) is 4.26. The number of amides is 1. The van der Waals surface area contributed by atoms with E-state index < -0.39 is 0 Å². The van der Waals surface area contributed by atoms with Gasteiger partial charge in [-0.15, -0.1) is 6.58 Å². The largest absolute Gasteiger partial charge is 0.475 e. The molecule has 0 saturated carbocycles. The highest BCUT2D eigenvalue weighted by Crippen LogP contribution is 2.30. The van der Waals surface area contributed by atoms with Gasteiger partial charge < -0.3 is 9.64 Å². The predicted molar refractivity (Wildman–Crippen MR) is 126 cm³/mol. The second-order valence-electron chi connectivity index (χ2n) is 7.57. The molecule has 3 heterocycles. The zero-order valence-electron chi connectivity index (χ0n) is 17.6. The van der Waals surface area contributed by atoms with Crippen LogP contribution in [-0.4, -0.2) is 38.4 Å². The van der Waals surface area contributed by atoms with E-state index in [2.05, 4.69) is 16.5 Å². The second-order valence-corrected chi connectivity index (χ2v) is 7.93. The van der Waals surface area contributed by atoms with Crippen LogP contribution in [0, 0.1) is 0 Å². The lowest BCUT2D eigenvalue weighted by atomic mass is 10.2. The molecule has 1 amide bonds. The molecule has 166 valence electrons. The molecule has 0 atom stereocenters.